The van der Waals surface area contributed by atoms with Gasteiger partial charge in [-0.2, -0.15) is 0 Å². The molecule has 0 spiro atoms. The fraction of sp³-hybridized carbons (Fsp3) is 0.638. The molecule has 3 saturated heterocycles. The first-order chi connectivity index (χ1) is 30.7. The number of hydrogen-bond donors (Lipinski definition) is 4. The van der Waals surface area contributed by atoms with Crippen molar-refractivity contribution in [2.24, 2.45) is 10.9 Å². The Morgan fingerprint density at radius 1 is 0.905 bits per heavy atom. The summed E-state index contributed by atoms with van der Waals surface area (Å²) in [6.07, 6.45) is 13.2. The topological polar surface area (TPSA) is 156 Å². The van der Waals surface area contributed by atoms with Crippen LogP contribution in [-0.4, -0.2) is 120 Å². The summed E-state index contributed by atoms with van der Waals surface area (Å²) in [4.78, 5) is 55.1. The molecule has 15 nitrogen and oxygen atoms in total. The van der Waals surface area contributed by atoms with Crippen molar-refractivity contribution in [3.8, 4) is 5.88 Å². The highest BCUT2D eigenvalue weighted by Gasteiger charge is 2.42. The zero-order valence-corrected chi connectivity index (χ0v) is 37.8. The van der Waals surface area contributed by atoms with Gasteiger partial charge in [0, 0.05) is 89.6 Å². The summed E-state index contributed by atoms with van der Waals surface area (Å²) in [7, 11) is 0. The largest absolute Gasteiger partial charge is 0.471 e. The molecule has 1 aromatic heterocycles. The van der Waals surface area contributed by atoms with Gasteiger partial charge in [-0.1, -0.05) is 27.7 Å². The minimum absolute atomic E-state index is 0. The number of pyridine rings is 1. The summed E-state index contributed by atoms with van der Waals surface area (Å²) in [5.41, 5.74) is 11.0. The lowest BCUT2D eigenvalue weighted by atomic mass is 9.86. The molecule has 4 N–H and O–H groups in total. The SMILES string of the molecule is CC.CC.CC1(Oc2cc3c(cn2)NNC3C2=CC(N3CCN(CC4CCC(OC5CCN(c6ccc7c(c6F)CN(C6CCC(=O)NC6=O)C7=O)CC5)CC4)CC3)=NCN2)CC1.[HH].[HH]. The zero-order chi connectivity index (χ0) is 44.3. The summed E-state index contributed by atoms with van der Waals surface area (Å²) < 4.78 is 28.7. The van der Waals surface area contributed by atoms with Crippen molar-refractivity contribution in [1.29, 1.82) is 0 Å². The molecular weight excluding hydrogens is 804 g/mol. The predicted octanol–water partition coefficient (Wildman–Crippen LogP) is 6.13. The van der Waals surface area contributed by atoms with Crippen molar-refractivity contribution in [2.45, 2.75) is 135 Å². The minimum Gasteiger partial charge on any atom is -0.471 e. The number of anilines is 2. The van der Waals surface area contributed by atoms with Crippen LogP contribution >= 0.6 is 0 Å². The van der Waals surface area contributed by atoms with Gasteiger partial charge >= 0.3 is 0 Å². The molecule has 5 fully saturated rings. The Hall–Kier alpha value is -4.80. The lowest BCUT2D eigenvalue weighted by Crippen LogP contribution is -2.52. The standard InChI is InChI=1S/C43H55FN10O5.2C2H6.2H2/c1-43(12-13-43)59-38-20-30-33(22-45-38)49-50-40(30)32-21-36(47-25-46-32)53-18-16-51(17-19-53)23-26-2-4-27(5-3-26)58-28-10-14-52(15-11-28)34-7-6-29-31(39(34)44)24-54(42(29)57)35-8-9-37(55)48-41(35)56;2*1-2;;/h6-7,20-22,26-28,35,40,46,49-50H,2-5,8-19,23-25H2,1H3,(H,48,55,56);2*1-2H3;2*1H. The lowest BCUT2D eigenvalue weighted by Gasteiger charge is -2.40. The number of hydrogen-bond acceptors (Lipinski definition) is 13. The molecule has 6 aliphatic heterocycles. The van der Waals surface area contributed by atoms with Crippen LogP contribution in [0.25, 0.3) is 0 Å². The number of nitrogens with one attached hydrogen (secondary N) is 4. The van der Waals surface area contributed by atoms with E-state index < -0.39 is 17.8 Å². The van der Waals surface area contributed by atoms with Gasteiger partial charge in [0.25, 0.3) is 5.91 Å². The van der Waals surface area contributed by atoms with Crippen LogP contribution in [0, 0.1) is 11.7 Å². The number of ether oxygens (including phenoxy) is 2. The molecule has 2 saturated carbocycles. The fourth-order valence-corrected chi connectivity index (χ4v) is 9.99. The third kappa shape index (κ3) is 9.82. The number of imide groups is 1. The second kappa shape index (κ2) is 19.5. The van der Waals surface area contributed by atoms with Gasteiger partial charge in [-0.3, -0.25) is 24.6 Å². The molecule has 16 heteroatoms. The van der Waals surface area contributed by atoms with Gasteiger partial charge in [-0.05, 0) is 82.8 Å². The van der Waals surface area contributed by atoms with Crippen LogP contribution in [-0.2, 0) is 20.9 Å². The number of aromatic nitrogens is 1. The Morgan fingerprint density at radius 2 is 1.63 bits per heavy atom. The monoisotopic (exact) mass is 875 g/mol. The summed E-state index contributed by atoms with van der Waals surface area (Å²) in [5.74, 6) is 0.815. The number of hydrazine groups is 1. The van der Waals surface area contributed by atoms with E-state index in [0.717, 1.165) is 94.0 Å². The summed E-state index contributed by atoms with van der Waals surface area (Å²) in [6.45, 7) is 17.2. The van der Waals surface area contributed by atoms with E-state index >= 15 is 4.39 Å². The van der Waals surface area contributed by atoms with Crippen molar-refractivity contribution < 1.29 is 31.1 Å². The van der Waals surface area contributed by atoms with Gasteiger partial charge in [0.2, 0.25) is 17.7 Å². The van der Waals surface area contributed by atoms with E-state index in [0.29, 0.717) is 48.4 Å². The van der Waals surface area contributed by atoms with Crippen molar-refractivity contribution in [2.75, 3.05) is 62.8 Å². The van der Waals surface area contributed by atoms with Crippen LogP contribution in [0.15, 0.2) is 41.2 Å². The third-order valence-electron chi connectivity index (χ3n) is 13.8. The number of rotatable bonds is 9. The average molecular weight is 875 g/mol. The second-order valence-corrected chi connectivity index (χ2v) is 17.9. The first-order valence-corrected chi connectivity index (χ1v) is 23.7. The molecular formula is C47H71FN10O5. The minimum atomic E-state index is -0.760. The first-order valence-electron chi connectivity index (χ1n) is 23.7. The maximum atomic E-state index is 15.9. The van der Waals surface area contributed by atoms with E-state index in [2.05, 4.69) is 60.2 Å². The number of nitrogens with zero attached hydrogens (tertiary/aromatic N) is 6. The van der Waals surface area contributed by atoms with Crippen LogP contribution in [0.5, 0.6) is 5.88 Å². The van der Waals surface area contributed by atoms with Crippen molar-refractivity contribution in [1.82, 2.24) is 35.7 Å². The van der Waals surface area contributed by atoms with Crippen molar-refractivity contribution >= 4 is 34.9 Å². The molecule has 2 atom stereocenters. The van der Waals surface area contributed by atoms with Crippen LogP contribution in [0.3, 0.4) is 0 Å². The Bertz CT molecular complexity index is 2070. The molecule has 0 bridgehead atoms. The van der Waals surface area contributed by atoms with Gasteiger partial charge in [0.15, 0.2) is 5.82 Å². The first kappa shape index (κ1) is 44.8. The average Bonchev–Trinajstić information content (AvgIpc) is 3.73. The van der Waals surface area contributed by atoms with E-state index in [9.17, 15) is 14.4 Å². The Morgan fingerprint density at radius 3 is 2.35 bits per heavy atom. The highest BCUT2D eigenvalue weighted by Crippen LogP contribution is 2.41. The normalized spacial score (nSPS) is 26.7. The molecule has 346 valence electrons. The number of carbonyl (C=O) groups is 3. The number of piperidine rings is 2. The number of aliphatic imine (C=N–C) groups is 1. The lowest BCUT2D eigenvalue weighted by molar-refractivity contribution is -0.136. The van der Waals surface area contributed by atoms with Gasteiger partial charge in [-0.25, -0.2) is 19.8 Å². The van der Waals surface area contributed by atoms with Crippen LogP contribution in [0.4, 0.5) is 15.8 Å². The molecule has 8 aliphatic rings. The van der Waals surface area contributed by atoms with Crippen LogP contribution < -0.4 is 31.1 Å². The number of fused-ring (bicyclic) bond motifs is 2. The molecule has 7 heterocycles. The summed E-state index contributed by atoms with van der Waals surface area (Å²) >= 11 is 0. The second-order valence-electron chi connectivity index (χ2n) is 17.9. The van der Waals surface area contributed by atoms with E-state index in [1.807, 2.05) is 33.9 Å². The Labute approximate surface area is 374 Å². The highest BCUT2D eigenvalue weighted by molar-refractivity contribution is 6.05. The fourth-order valence-electron chi connectivity index (χ4n) is 9.99. The summed E-state index contributed by atoms with van der Waals surface area (Å²) in [6, 6.07) is 4.65. The van der Waals surface area contributed by atoms with Gasteiger partial charge in [-0.15, -0.1) is 0 Å². The van der Waals surface area contributed by atoms with Crippen molar-refractivity contribution in [3.63, 3.8) is 0 Å². The number of benzene rings is 1. The number of amidine groups is 1. The van der Waals surface area contributed by atoms with E-state index in [-0.39, 0.29) is 57.9 Å². The van der Waals surface area contributed by atoms with Gasteiger partial charge in [0.05, 0.1) is 42.4 Å². The van der Waals surface area contributed by atoms with E-state index in [1.54, 1.807) is 12.1 Å². The molecule has 2 unspecified atom stereocenters. The molecule has 1 aromatic carbocycles. The molecule has 63 heavy (non-hydrogen) atoms. The van der Waals surface area contributed by atoms with Crippen LogP contribution in [0.1, 0.15) is 129 Å². The number of piperazine rings is 1. The summed E-state index contributed by atoms with van der Waals surface area (Å²) in [5, 5.41) is 5.80. The highest BCUT2D eigenvalue weighted by atomic mass is 19.1. The zero-order valence-electron chi connectivity index (χ0n) is 37.8. The molecule has 2 aliphatic carbocycles. The number of amides is 3. The predicted molar refractivity (Wildman–Crippen MR) is 245 cm³/mol. The third-order valence-corrected chi connectivity index (χ3v) is 13.8. The van der Waals surface area contributed by atoms with Crippen LogP contribution in [0.2, 0.25) is 0 Å². The van der Waals surface area contributed by atoms with Gasteiger partial charge in [0.1, 0.15) is 24.1 Å². The maximum absolute atomic E-state index is 15.9. The number of halogens is 1. The molecule has 0 radical (unpaired) electrons. The smallest absolute Gasteiger partial charge is 0.255 e. The van der Waals surface area contributed by atoms with Crippen molar-refractivity contribution in [3.05, 3.63) is 58.7 Å². The quantitative estimate of drug-likeness (QED) is 0.214. The number of carbonyl (C=O) groups excluding carboxylic acids is 3. The Balaban J connectivity index is 0.00000114. The maximum Gasteiger partial charge on any atom is 0.255 e. The van der Waals surface area contributed by atoms with Gasteiger partial charge < -0.3 is 34.9 Å². The van der Waals surface area contributed by atoms with E-state index in [4.69, 9.17) is 14.5 Å². The van der Waals surface area contributed by atoms with E-state index in [1.165, 1.54) is 17.7 Å². The molecule has 3 amide bonds. The molecule has 2 aromatic rings. The molecule has 10 rings (SSSR count). The Kier molecular flexibility index (Phi) is 13.9.